The Morgan fingerprint density at radius 2 is 2.14 bits per heavy atom. The van der Waals surface area contributed by atoms with Crippen LogP contribution in [0.2, 0.25) is 0 Å². The van der Waals surface area contributed by atoms with Crippen molar-refractivity contribution in [2.24, 2.45) is 0 Å². The maximum atomic E-state index is 13.2. The summed E-state index contributed by atoms with van der Waals surface area (Å²) in [5.41, 5.74) is 2.24. The molecule has 0 aliphatic heterocycles. The van der Waals surface area contributed by atoms with E-state index >= 15 is 0 Å². The Bertz CT molecular complexity index is 767. The van der Waals surface area contributed by atoms with Gasteiger partial charge in [-0.15, -0.1) is 0 Å². The number of aromatic nitrogens is 1. The zero-order valence-corrected chi connectivity index (χ0v) is 11.6. The zero-order chi connectivity index (χ0) is 15.0. The molecular weight excluding hydrogens is 271 g/mol. The molecule has 21 heavy (non-hydrogen) atoms. The van der Waals surface area contributed by atoms with E-state index in [0.29, 0.717) is 12.1 Å². The van der Waals surface area contributed by atoms with Gasteiger partial charge in [-0.3, -0.25) is 9.59 Å². The van der Waals surface area contributed by atoms with Crippen LogP contribution in [0.25, 0.3) is 0 Å². The van der Waals surface area contributed by atoms with Crippen LogP contribution < -0.4 is 10.9 Å². The highest BCUT2D eigenvalue weighted by molar-refractivity contribution is 5.94. The summed E-state index contributed by atoms with van der Waals surface area (Å²) in [4.78, 5) is 26.6. The van der Waals surface area contributed by atoms with Gasteiger partial charge in [0.25, 0.3) is 11.5 Å². The first-order valence-electron chi connectivity index (χ1n) is 6.84. The van der Waals surface area contributed by atoms with Crippen LogP contribution in [-0.4, -0.2) is 10.9 Å². The van der Waals surface area contributed by atoms with Gasteiger partial charge >= 0.3 is 0 Å². The molecule has 1 aliphatic carbocycles. The Balaban J connectivity index is 1.82. The number of amides is 1. The summed E-state index contributed by atoms with van der Waals surface area (Å²) in [6.45, 7) is 1.75. The number of hydrogen-bond acceptors (Lipinski definition) is 2. The van der Waals surface area contributed by atoms with Crippen LogP contribution in [0.1, 0.15) is 39.6 Å². The van der Waals surface area contributed by atoms with E-state index in [0.717, 1.165) is 17.5 Å². The number of fused-ring (bicyclic) bond motifs is 1. The van der Waals surface area contributed by atoms with Crippen LogP contribution in [0.15, 0.2) is 35.1 Å². The van der Waals surface area contributed by atoms with E-state index < -0.39 is 11.5 Å². The minimum atomic E-state index is -0.404. The molecule has 0 unspecified atom stereocenters. The average Bonchev–Trinajstić information content (AvgIpc) is 2.80. The number of carbonyl (C=O) groups excluding carboxylic acids is 1. The third-order valence-corrected chi connectivity index (χ3v) is 3.79. The lowest BCUT2D eigenvalue weighted by Gasteiger charge is -2.14. The monoisotopic (exact) mass is 286 g/mol. The molecule has 0 saturated heterocycles. The number of benzene rings is 1. The lowest BCUT2D eigenvalue weighted by Crippen LogP contribution is -2.32. The zero-order valence-electron chi connectivity index (χ0n) is 11.6. The number of halogens is 1. The highest BCUT2D eigenvalue weighted by atomic mass is 19.1. The van der Waals surface area contributed by atoms with Crippen molar-refractivity contribution in [2.45, 2.75) is 25.8 Å². The number of aromatic amines is 1. The van der Waals surface area contributed by atoms with Crippen molar-refractivity contribution in [1.29, 1.82) is 0 Å². The number of rotatable bonds is 2. The highest BCUT2D eigenvalue weighted by Gasteiger charge is 2.25. The number of aryl methyl sites for hydroxylation is 2. The maximum absolute atomic E-state index is 13.2. The molecule has 1 heterocycles. The van der Waals surface area contributed by atoms with Crippen LogP contribution in [0.5, 0.6) is 0 Å². The minimum absolute atomic E-state index is 0.0937. The maximum Gasteiger partial charge on any atom is 0.260 e. The average molecular weight is 286 g/mol. The summed E-state index contributed by atoms with van der Waals surface area (Å²) in [6, 6.07) is 7.62. The van der Waals surface area contributed by atoms with Crippen LogP contribution in [-0.2, 0) is 6.42 Å². The van der Waals surface area contributed by atoms with Crippen molar-refractivity contribution in [3.63, 3.8) is 0 Å². The van der Waals surface area contributed by atoms with Gasteiger partial charge in [-0.1, -0.05) is 6.07 Å². The lowest BCUT2D eigenvalue weighted by atomic mass is 10.1. The molecule has 1 aliphatic rings. The molecule has 0 fully saturated rings. The molecule has 1 amide bonds. The summed E-state index contributed by atoms with van der Waals surface area (Å²) in [5, 5.41) is 2.85. The normalized spacial score (nSPS) is 16.6. The topological polar surface area (TPSA) is 62.0 Å². The number of pyridine rings is 1. The Labute approximate surface area is 121 Å². The fourth-order valence-corrected chi connectivity index (χ4v) is 2.72. The van der Waals surface area contributed by atoms with E-state index in [1.165, 1.54) is 18.2 Å². The number of carbonyl (C=O) groups is 1. The van der Waals surface area contributed by atoms with Crippen molar-refractivity contribution >= 4 is 5.91 Å². The fourth-order valence-electron chi connectivity index (χ4n) is 2.72. The molecule has 0 saturated carbocycles. The SMILES string of the molecule is Cc1ccc(C(=O)N[C@H]2CCc3cc(F)ccc32)c(=O)[nH]1. The Morgan fingerprint density at radius 1 is 1.33 bits per heavy atom. The van der Waals surface area contributed by atoms with E-state index in [1.807, 2.05) is 0 Å². The van der Waals surface area contributed by atoms with Gasteiger partial charge in [0.2, 0.25) is 0 Å². The van der Waals surface area contributed by atoms with E-state index in [9.17, 15) is 14.0 Å². The summed E-state index contributed by atoms with van der Waals surface area (Å²) in [5.74, 6) is -0.672. The van der Waals surface area contributed by atoms with E-state index in [4.69, 9.17) is 0 Å². The van der Waals surface area contributed by atoms with Crippen molar-refractivity contribution in [3.8, 4) is 0 Å². The van der Waals surface area contributed by atoms with Gasteiger partial charge in [0.15, 0.2) is 0 Å². The molecule has 0 spiro atoms. The molecule has 2 aromatic rings. The summed E-state index contributed by atoms with van der Waals surface area (Å²) < 4.78 is 13.2. The van der Waals surface area contributed by atoms with Gasteiger partial charge in [0.05, 0.1) is 6.04 Å². The lowest BCUT2D eigenvalue weighted by molar-refractivity contribution is 0.0935. The molecule has 1 aromatic heterocycles. The number of hydrogen-bond donors (Lipinski definition) is 2. The molecule has 0 radical (unpaired) electrons. The van der Waals surface area contributed by atoms with Crippen molar-refractivity contribution < 1.29 is 9.18 Å². The summed E-state index contributed by atoms with van der Waals surface area (Å²) in [7, 11) is 0. The predicted molar refractivity (Wildman–Crippen MR) is 76.7 cm³/mol. The highest BCUT2D eigenvalue weighted by Crippen LogP contribution is 2.31. The van der Waals surface area contributed by atoms with E-state index in [-0.39, 0.29) is 17.4 Å². The minimum Gasteiger partial charge on any atom is -0.345 e. The molecule has 5 heteroatoms. The molecule has 1 atom stereocenters. The molecule has 2 N–H and O–H groups in total. The third kappa shape index (κ3) is 2.59. The standard InChI is InChI=1S/C16H15FN2O2/c1-9-2-5-13(15(20)18-9)16(21)19-14-7-3-10-8-11(17)4-6-12(10)14/h2,4-6,8,14H,3,7H2,1H3,(H,18,20)(H,19,21)/t14-/m0/s1. The Hall–Kier alpha value is -2.43. The molecule has 3 rings (SSSR count). The predicted octanol–water partition coefficient (Wildman–Crippen LogP) is 2.24. The third-order valence-electron chi connectivity index (χ3n) is 3.79. The molecule has 1 aromatic carbocycles. The van der Waals surface area contributed by atoms with Gasteiger partial charge in [-0.05, 0) is 55.2 Å². The van der Waals surface area contributed by atoms with Gasteiger partial charge in [0, 0.05) is 5.69 Å². The summed E-state index contributed by atoms with van der Waals surface area (Å²) in [6.07, 6.45) is 1.44. The van der Waals surface area contributed by atoms with E-state index in [2.05, 4.69) is 10.3 Å². The van der Waals surface area contributed by atoms with Crippen molar-refractivity contribution in [1.82, 2.24) is 10.3 Å². The second kappa shape index (κ2) is 5.16. The Kier molecular flexibility index (Phi) is 3.33. The van der Waals surface area contributed by atoms with Gasteiger partial charge < -0.3 is 10.3 Å². The van der Waals surface area contributed by atoms with Crippen LogP contribution >= 0.6 is 0 Å². The number of nitrogens with one attached hydrogen (secondary N) is 2. The molecular formula is C16H15FN2O2. The van der Waals surface area contributed by atoms with Gasteiger partial charge in [-0.2, -0.15) is 0 Å². The first kappa shape index (κ1) is 13.5. The largest absolute Gasteiger partial charge is 0.345 e. The molecule has 0 bridgehead atoms. The van der Waals surface area contributed by atoms with E-state index in [1.54, 1.807) is 19.1 Å². The van der Waals surface area contributed by atoms with Crippen LogP contribution in [0.3, 0.4) is 0 Å². The molecule has 108 valence electrons. The van der Waals surface area contributed by atoms with Crippen molar-refractivity contribution in [3.05, 3.63) is 68.9 Å². The quantitative estimate of drug-likeness (QED) is 0.889. The van der Waals surface area contributed by atoms with Gasteiger partial charge in [0.1, 0.15) is 11.4 Å². The van der Waals surface area contributed by atoms with Gasteiger partial charge in [-0.25, -0.2) is 4.39 Å². The van der Waals surface area contributed by atoms with Crippen molar-refractivity contribution in [2.75, 3.05) is 0 Å². The second-order valence-electron chi connectivity index (χ2n) is 5.29. The Morgan fingerprint density at radius 3 is 2.90 bits per heavy atom. The van der Waals surface area contributed by atoms with Crippen LogP contribution in [0, 0.1) is 12.7 Å². The molecule has 4 nitrogen and oxygen atoms in total. The fraction of sp³-hybridized carbons (Fsp3) is 0.250. The smallest absolute Gasteiger partial charge is 0.260 e. The summed E-state index contributed by atoms with van der Waals surface area (Å²) >= 11 is 0. The first-order valence-corrected chi connectivity index (χ1v) is 6.84. The second-order valence-corrected chi connectivity index (χ2v) is 5.29. The number of H-pyrrole nitrogens is 1. The van der Waals surface area contributed by atoms with Crippen LogP contribution in [0.4, 0.5) is 4.39 Å². The first-order chi connectivity index (χ1) is 10.0.